The fraction of sp³-hybridized carbons (Fsp3) is 0.278. The van der Waals surface area contributed by atoms with Crippen molar-refractivity contribution in [2.75, 3.05) is 0 Å². The van der Waals surface area contributed by atoms with Gasteiger partial charge in [-0.1, -0.05) is 37.0 Å². The average molecular weight is 349 g/mol. The van der Waals surface area contributed by atoms with Gasteiger partial charge in [0.1, 0.15) is 18.2 Å². The van der Waals surface area contributed by atoms with Crippen molar-refractivity contribution in [3.05, 3.63) is 58.3 Å². The summed E-state index contributed by atoms with van der Waals surface area (Å²) >= 11 is 12.0. The first kappa shape index (κ1) is 16.2. The SMILES string of the molecule is CC(C)Cn1c(COc2ccc(Cl)cc2)nc2cc(Cl)ccc21. The van der Waals surface area contributed by atoms with Crippen molar-refractivity contribution in [2.45, 2.75) is 27.0 Å². The molecule has 0 amide bonds. The summed E-state index contributed by atoms with van der Waals surface area (Å²) in [5.74, 6) is 2.18. The Morgan fingerprint density at radius 2 is 1.74 bits per heavy atom. The topological polar surface area (TPSA) is 27.1 Å². The molecule has 0 aliphatic heterocycles. The van der Waals surface area contributed by atoms with E-state index in [0.29, 0.717) is 22.6 Å². The van der Waals surface area contributed by atoms with Gasteiger partial charge < -0.3 is 9.30 Å². The Hall–Kier alpha value is -1.71. The lowest BCUT2D eigenvalue weighted by Crippen LogP contribution is -2.10. The van der Waals surface area contributed by atoms with Crippen LogP contribution in [-0.4, -0.2) is 9.55 Å². The van der Waals surface area contributed by atoms with Gasteiger partial charge in [0, 0.05) is 16.6 Å². The smallest absolute Gasteiger partial charge is 0.148 e. The summed E-state index contributed by atoms with van der Waals surface area (Å²) in [5, 5.41) is 1.39. The largest absolute Gasteiger partial charge is 0.486 e. The minimum absolute atomic E-state index is 0.403. The van der Waals surface area contributed by atoms with E-state index in [2.05, 4.69) is 23.4 Å². The molecule has 0 aliphatic carbocycles. The molecule has 120 valence electrons. The summed E-state index contributed by atoms with van der Waals surface area (Å²) in [5.41, 5.74) is 1.98. The third-order valence-corrected chi connectivity index (χ3v) is 4.01. The van der Waals surface area contributed by atoms with Crippen LogP contribution in [-0.2, 0) is 13.2 Å². The Morgan fingerprint density at radius 3 is 2.43 bits per heavy atom. The second-order valence-electron chi connectivity index (χ2n) is 5.91. The Balaban J connectivity index is 1.90. The number of benzene rings is 2. The quantitative estimate of drug-likeness (QED) is 0.601. The van der Waals surface area contributed by atoms with Crippen molar-refractivity contribution in [3.63, 3.8) is 0 Å². The third kappa shape index (κ3) is 3.80. The molecule has 3 nitrogen and oxygen atoms in total. The molecule has 0 bridgehead atoms. The van der Waals surface area contributed by atoms with Crippen LogP contribution < -0.4 is 4.74 Å². The molecule has 1 aromatic heterocycles. The standard InChI is InChI=1S/C18H18Cl2N2O/c1-12(2)10-22-17-8-5-14(20)9-16(17)21-18(22)11-23-15-6-3-13(19)4-7-15/h3-9,12H,10-11H2,1-2H3. The number of fused-ring (bicyclic) bond motifs is 1. The van der Waals surface area contributed by atoms with E-state index in [0.717, 1.165) is 29.2 Å². The molecule has 0 spiro atoms. The molecule has 0 fully saturated rings. The summed E-state index contributed by atoms with van der Waals surface area (Å²) in [6, 6.07) is 13.1. The third-order valence-electron chi connectivity index (χ3n) is 3.52. The number of halogens is 2. The molecule has 0 radical (unpaired) electrons. The molecule has 0 saturated carbocycles. The van der Waals surface area contributed by atoms with Crippen LogP contribution in [0.25, 0.3) is 11.0 Å². The summed E-state index contributed by atoms with van der Waals surface area (Å²) in [4.78, 5) is 4.69. The van der Waals surface area contributed by atoms with Gasteiger partial charge in [-0.3, -0.25) is 0 Å². The second-order valence-corrected chi connectivity index (χ2v) is 6.78. The van der Waals surface area contributed by atoms with E-state index in [1.165, 1.54) is 0 Å². The molecule has 0 unspecified atom stereocenters. The first-order valence-electron chi connectivity index (χ1n) is 7.56. The highest BCUT2D eigenvalue weighted by molar-refractivity contribution is 6.31. The normalized spacial score (nSPS) is 11.3. The van der Waals surface area contributed by atoms with Crippen LogP contribution in [0.5, 0.6) is 5.75 Å². The molecule has 5 heteroatoms. The molecule has 3 aromatic rings. The lowest BCUT2D eigenvalue weighted by Gasteiger charge is -2.12. The van der Waals surface area contributed by atoms with E-state index in [9.17, 15) is 0 Å². The van der Waals surface area contributed by atoms with Crippen LogP contribution in [0.15, 0.2) is 42.5 Å². The summed E-state index contributed by atoms with van der Waals surface area (Å²) in [6.45, 7) is 5.66. The van der Waals surface area contributed by atoms with Crippen molar-refractivity contribution in [1.82, 2.24) is 9.55 Å². The van der Waals surface area contributed by atoms with Gasteiger partial charge >= 0.3 is 0 Å². The van der Waals surface area contributed by atoms with Gasteiger partial charge in [-0.25, -0.2) is 4.98 Å². The zero-order valence-corrected chi connectivity index (χ0v) is 14.6. The van der Waals surface area contributed by atoms with Crippen molar-refractivity contribution >= 4 is 34.2 Å². The fourth-order valence-corrected chi connectivity index (χ4v) is 2.80. The number of ether oxygens (including phenoxy) is 1. The highest BCUT2D eigenvalue weighted by atomic mass is 35.5. The number of hydrogen-bond acceptors (Lipinski definition) is 2. The Bertz CT molecular complexity index is 810. The number of imidazole rings is 1. The zero-order chi connectivity index (χ0) is 16.4. The van der Waals surface area contributed by atoms with E-state index in [4.69, 9.17) is 27.9 Å². The van der Waals surface area contributed by atoms with E-state index >= 15 is 0 Å². The summed E-state index contributed by atoms with van der Waals surface area (Å²) < 4.78 is 8.05. The summed E-state index contributed by atoms with van der Waals surface area (Å²) in [7, 11) is 0. The highest BCUT2D eigenvalue weighted by Crippen LogP contribution is 2.23. The van der Waals surface area contributed by atoms with Crippen molar-refractivity contribution in [2.24, 2.45) is 5.92 Å². The van der Waals surface area contributed by atoms with Crippen molar-refractivity contribution in [3.8, 4) is 5.75 Å². The Kier molecular flexibility index (Phi) is 4.79. The van der Waals surface area contributed by atoms with Gasteiger partial charge in [-0.15, -0.1) is 0 Å². The Labute approximate surface area is 145 Å². The lowest BCUT2D eigenvalue weighted by atomic mass is 10.2. The molecule has 2 aromatic carbocycles. The monoisotopic (exact) mass is 348 g/mol. The van der Waals surface area contributed by atoms with Crippen LogP contribution in [0.1, 0.15) is 19.7 Å². The van der Waals surface area contributed by atoms with Crippen LogP contribution in [0, 0.1) is 5.92 Å². The predicted molar refractivity (Wildman–Crippen MR) is 95.4 cm³/mol. The molecule has 0 atom stereocenters. The number of hydrogen-bond donors (Lipinski definition) is 0. The summed E-state index contributed by atoms with van der Waals surface area (Å²) in [6.07, 6.45) is 0. The molecule has 0 aliphatic rings. The first-order chi connectivity index (χ1) is 11.0. The fourth-order valence-electron chi connectivity index (χ4n) is 2.51. The minimum atomic E-state index is 0.403. The average Bonchev–Trinajstić information content (AvgIpc) is 2.83. The van der Waals surface area contributed by atoms with Crippen LogP contribution in [0.4, 0.5) is 0 Å². The van der Waals surface area contributed by atoms with Crippen molar-refractivity contribution in [1.29, 1.82) is 0 Å². The molecule has 3 rings (SSSR count). The van der Waals surface area contributed by atoms with Crippen LogP contribution in [0.3, 0.4) is 0 Å². The van der Waals surface area contributed by atoms with Gasteiger partial charge in [0.15, 0.2) is 0 Å². The highest BCUT2D eigenvalue weighted by Gasteiger charge is 2.13. The number of nitrogens with zero attached hydrogens (tertiary/aromatic N) is 2. The van der Waals surface area contributed by atoms with E-state index in [1.807, 2.05) is 42.5 Å². The minimum Gasteiger partial charge on any atom is -0.486 e. The number of rotatable bonds is 5. The Morgan fingerprint density at radius 1 is 1.04 bits per heavy atom. The van der Waals surface area contributed by atoms with Gasteiger partial charge in [0.05, 0.1) is 11.0 Å². The van der Waals surface area contributed by atoms with Gasteiger partial charge in [0.25, 0.3) is 0 Å². The predicted octanol–water partition coefficient (Wildman–Crippen LogP) is 5.58. The van der Waals surface area contributed by atoms with Gasteiger partial charge in [-0.2, -0.15) is 0 Å². The molecular weight excluding hydrogens is 331 g/mol. The maximum absolute atomic E-state index is 6.08. The lowest BCUT2D eigenvalue weighted by molar-refractivity contribution is 0.287. The maximum atomic E-state index is 6.08. The molecule has 23 heavy (non-hydrogen) atoms. The first-order valence-corrected chi connectivity index (χ1v) is 8.31. The molecule has 0 N–H and O–H groups in total. The van der Waals surface area contributed by atoms with Gasteiger partial charge in [-0.05, 0) is 48.4 Å². The maximum Gasteiger partial charge on any atom is 0.148 e. The van der Waals surface area contributed by atoms with Crippen molar-refractivity contribution < 1.29 is 4.74 Å². The molecule has 0 saturated heterocycles. The zero-order valence-electron chi connectivity index (χ0n) is 13.1. The molecule has 1 heterocycles. The number of aromatic nitrogens is 2. The molecular formula is C18H18Cl2N2O. The van der Waals surface area contributed by atoms with Gasteiger partial charge in [0.2, 0.25) is 0 Å². The second kappa shape index (κ2) is 6.81. The van der Waals surface area contributed by atoms with E-state index in [1.54, 1.807) is 0 Å². The van der Waals surface area contributed by atoms with Crippen LogP contribution >= 0.6 is 23.2 Å². The van der Waals surface area contributed by atoms with Crippen LogP contribution in [0.2, 0.25) is 10.0 Å². The van der Waals surface area contributed by atoms with E-state index in [-0.39, 0.29) is 0 Å². The van der Waals surface area contributed by atoms with E-state index < -0.39 is 0 Å².